The van der Waals surface area contributed by atoms with Gasteiger partial charge in [0.2, 0.25) is 0 Å². The van der Waals surface area contributed by atoms with Crippen molar-refractivity contribution in [1.29, 1.82) is 0 Å². The second-order valence-corrected chi connectivity index (χ2v) is 7.38. The summed E-state index contributed by atoms with van der Waals surface area (Å²) < 4.78 is 0. The Bertz CT molecular complexity index is 795. The summed E-state index contributed by atoms with van der Waals surface area (Å²) in [5.41, 5.74) is 6.13. The van der Waals surface area contributed by atoms with Crippen LogP contribution in [0.25, 0.3) is 22.4 Å². The van der Waals surface area contributed by atoms with Crippen LogP contribution in [0.5, 0.6) is 0 Å². The largest absolute Gasteiger partial charge is 0.256 e. The van der Waals surface area contributed by atoms with Crippen LogP contribution in [-0.2, 0) is 0 Å². The van der Waals surface area contributed by atoms with E-state index in [-0.39, 0.29) is 0 Å². The van der Waals surface area contributed by atoms with Crippen LogP contribution in [0.15, 0.2) is 72.9 Å². The Morgan fingerprint density at radius 1 is 0.680 bits per heavy atom. The van der Waals surface area contributed by atoms with Crippen molar-refractivity contribution in [2.75, 3.05) is 0 Å². The van der Waals surface area contributed by atoms with Gasteiger partial charge in [-0.25, -0.2) is 0 Å². The van der Waals surface area contributed by atoms with Crippen molar-refractivity contribution in [2.24, 2.45) is 5.92 Å². The second-order valence-electron chi connectivity index (χ2n) is 7.38. The Morgan fingerprint density at radius 3 is 2.00 bits per heavy atom. The minimum atomic E-state index is 0.754. The molecule has 25 heavy (non-hydrogen) atoms. The Hall–Kier alpha value is -2.41. The lowest BCUT2D eigenvalue weighted by Gasteiger charge is -2.26. The number of benzene rings is 2. The summed E-state index contributed by atoms with van der Waals surface area (Å²) in [6.07, 6.45) is 7.41. The van der Waals surface area contributed by atoms with Gasteiger partial charge in [0.15, 0.2) is 0 Å². The summed E-state index contributed by atoms with van der Waals surface area (Å²) in [5, 5.41) is 0. The summed E-state index contributed by atoms with van der Waals surface area (Å²) in [5.74, 6) is 1.66. The first-order chi connectivity index (χ1) is 12.3. The van der Waals surface area contributed by atoms with Gasteiger partial charge >= 0.3 is 0 Å². The Kier molecular flexibility index (Phi) is 4.65. The molecular weight excluding hydrogens is 302 g/mol. The predicted octanol–water partition coefficient (Wildman–Crippen LogP) is 6.71. The number of nitrogens with zero attached hydrogens (tertiary/aromatic N) is 1. The molecule has 0 N–H and O–H groups in total. The van der Waals surface area contributed by atoms with Crippen molar-refractivity contribution in [3.05, 3.63) is 78.5 Å². The summed E-state index contributed by atoms with van der Waals surface area (Å²) in [7, 11) is 0. The fourth-order valence-corrected chi connectivity index (χ4v) is 3.89. The van der Waals surface area contributed by atoms with Gasteiger partial charge in [0.25, 0.3) is 0 Å². The molecule has 0 saturated heterocycles. The lowest BCUT2D eigenvalue weighted by molar-refractivity contribution is 0.348. The lowest BCUT2D eigenvalue weighted by Crippen LogP contribution is -2.10. The van der Waals surface area contributed by atoms with Crippen molar-refractivity contribution in [1.82, 2.24) is 4.98 Å². The molecule has 0 radical (unpaired) electrons. The topological polar surface area (TPSA) is 12.9 Å². The van der Waals surface area contributed by atoms with E-state index in [4.69, 9.17) is 0 Å². The van der Waals surface area contributed by atoms with E-state index in [1.807, 2.05) is 12.3 Å². The highest BCUT2D eigenvalue weighted by atomic mass is 14.7. The van der Waals surface area contributed by atoms with E-state index in [1.54, 1.807) is 0 Å². The molecule has 0 bridgehead atoms. The van der Waals surface area contributed by atoms with Gasteiger partial charge in [0, 0.05) is 17.3 Å². The summed E-state index contributed by atoms with van der Waals surface area (Å²) >= 11 is 0. The van der Waals surface area contributed by atoms with Crippen LogP contribution in [0, 0.1) is 5.92 Å². The third-order valence-electron chi connectivity index (χ3n) is 5.56. The van der Waals surface area contributed by atoms with Crippen LogP contribution in [0.2, 0.25) is 0 Å². The molecule has 1 heterocycles. The van der Waals surface area contributed by atoms with Crippen molar-refractivity contribution in [2.45, 2.75) is 38.5 Å². The number of pyridine rings is 1. The molecule has 0 aliphatic heterocycles. The average Bonchev–Trinajstić information content (AvgIpc) is 2.70. The molecule has 1 aromatic heterocycles. The maximum atomic E-state index is 4.65. The second kappa shape index (κ2) is 7.23. The molecule has 1 heteroatoms. The van der Waals surface area contributed by atoms with E-state index in [0.29, 0.717) is 0 Å². The zero-order chi connectivity index (χ0) is 17.1. The fourth-order valence-electron chi connectivity index (χ4n) is 3.89. The third-order valence-corrected chi connectivity index (χ3v) is 5.56. The highest BCUT2D eigenvalue weighted by molar-refractivity contribution is 5.67. The number of hydrogen-bond acceptors (Lipinski definition) is 1. The molecule has 0 atom stereocenters. The molecule has 1 nitrogen and oxygen atoms in total. The molecule has 0 spiro atoms. The fraction of sp³-hybridized carbons (Fsp3) is 0.292. The van der Waals surface area contributed by atoms with Crippen molar-refractivity contribution in [3.8, 4) is 22.4 Å². The van der Waals surface area contributed by atoms with Crippen molar-refractivity contribution < 1.29 is 0 Å². The Morgan fingerprint density at radius 2 is 1.36 bits per heavy atom. The Labute approximate surface area is 150 Å². The Balaban J connectivity index is 1.50. The normalized spacial score (nSPS) is 20.4. The number of aromatic nitrogens is 1. The molecule has 2 aromatic carbocycles. The molecular formula is C24H25N. The zero-order valence-corrected chi connectivity index (χ0v) is 14.9. The number of rotatable bonds is 3. The standard InChI is InChI=1S/C24H25N/c1-18-7-9-19(10-8-18)20-11-13-21(14-12-20)23-15-16-24(25-17-23)22-5-3-2-4-6-22/h2-6,11-19H,7-10H2,1H3. The molecule has 1 aliphatic carbocycles. The molecule has 0 unspecified atom stereocenters. The average molecular weight is 327 g/mol. The van der Waals surface area contributed by atoms with Crippen LogP contribution in [-0.4, -0.2) is 4.98 Å². The van der Waals surface area contributed by atoms with E-state index in [2.05, 4.69) is 72.6 Å². The molecule has 126 valence electrons. The van der Waals surface area contributed by atoms with E-state index in [9.17, 15) is 0 Å². The van der Waals surface area contributed by atoms with Crippen LogP contribution < -0.4 is 0 Å². The highest BCUT2D eigenvalue weighted by Crippen LogP contribution is 2.36. The van der Waals surface area contributed by atoms with Gasteiger partial charge in [-0.2, -0.15) is 0 Å². The van der Waals surface area contributed by atoms with E-state index in [1.165, 1.54) is 42.4 Å². The van der Waals surface area contributed by atoms with Gasteiger partial charge in [-0.1, -0.05) is 80.4 Å². The smallest absolute Gasteiger partial charge is 0.0702 e. The molecule has 0 amide bonds. The monoisotopic (exact) mass is 327 g/mol. The van der Waals surface area contributed by atoms with Crippen molar-refractivity contribution >= 4 is 0 Å². The maximum absolute atomic E-state index is 4.65. The van der Waals surface area contributed by atoms with Crippen molar-refractivity contribution in [3.63, 3.8) is 0 Å². The minimum absolute atomic E-state index is 0.754. The third kappa shape index (κ3) is 3.66. The van der Waals surface area contributed by atoms with Gasteiger partial charge in [-0.05, 0) is 41.9 Å². The van der Waals surface area contributed by atoms with E-state index < -0.39 is 0 Å². The molecule has 1 aliphatic rings. The molecule has 1 saturated carbocycles. The maximum Gasteiger partial charge on any atom is 0.0702 e. The van der Waals surface area contributed by atoms with Gasteiger partial charge < -0.3 is 0 Å². The first-order valence-corrected chi connectivity index (χ1v) is 9.41. The van der Waals surface area contributed by atoms with Crippen LogP contribution in [0.3, 0.4) is 0 Å². The first-order valence-electron chi connectivity index (χ1n) is 9.41. The van der Waals surface area contributed by atoms with Gasteiger partial charge in [-0.15, -0.1) is 0 Å². The van der Waals surface area contributed by atoms with E-state index in [0.717, 1.165) is 23.1 Å². The molecule has 4 rings (SSSR count). The summed E-state index contributed by atoms with van der Waals surface area (Å²) in [6.45, 7) is 2.38. The minimum Gasteiger partial charge on any atom is -0.256 e. The van der Waals surface area contributed by atoms with Gasteiger partial charge in [0.1, 0.15) is 0 Å². The molecule has 1 fully saturated rings. The van der Waals surface area contributed by atoms with Crippen LogP contribution in [0.4, 0.5) is 0 Å². The summed E-state index contributed by atoms with van der Waals surface area (Å²) in [4.78, 5) is 4.65. The lowest BCUT2D eigenvalue weighted by atomic mass is 9.79. The van der Waals surface area contributed by atoms with Gasteiger partial charge in [-0.3, -0.25) is 4.98 Å². The van der Waals surface area contributed by atoms with Gasteiger partial charge in [0.05, 0.1) is 5.69 Å². The SMILES string of the molecule is CC1CCC(c2ccc(-c3ccc(-c4ccccc4)nc3)cc2)CC1. The first kappa shape index (κ1) is 16.1. The zero-order valence-electron chi connectivity index (χ0n) is 14.9. The highest BCUT2D eigenvalue weighted by Gasteiger charge is 2.19. The van der Waals surface area contributed by atoms with Crippen LogP contribution in [0.1, 0.15) is 44.1 Å². The quantitative estimate of drug-likeness (QED) is 0.521. The predicted molar refractivity (Wildman–Crippen MR) is 105 cm³/mol. The number of hydrogen-bond donors (Lipinski definition) is 0. The molecule has 3 aromatic rings. The van der Waals surface area contributed by atoms with E-state index >= 15 is 0 Å². The summed E-state index contributed by atoms with van der Waals surface area (Å²) in [6, 6.07) is 23.8. The van der Waals surface area contributed by atoms with Crippen LogP contribution >= 0.6 is 0 Å².